The number of hydrogen-bond acceptors (Lipinski definition) is 4. The summed E-state index contributed by atoms with van der Waals surface area (Å²) < 4.78 is 5.29. The molecule has 2 N–H and O–H groups in total. The van der Waals surface area contributed by atoms with E-state index in [9.17, 15) is 15.0 Å². The van der Waals surface area contributed by atoms with Gasteiger partial charge in [-0.15, -0.1) is 0 Å². The number of unbranched alkanes of at least 4 members (excludes halogenated alkanes) is 4. The summed E-state index contributed by atoms with van der Waals surface area (Å²) in [5.41, 5.74) is 0.625. The average Bonchev–Trinajstić information content (AvgIpc) is 2.48. The van der Waals surface area contributed by atoms with Gasteiger partial charge in [-0.25, -0.2) is 4.79 Å². The van der Waals surface area contributed by atoms with Crippen LogP contribution < -0.4 is 0 Å². The van der Waals surface area contributed by atoms with Gasteiger partial charge in [0.05, 0.1) is 6.10 Å². The number of ether oxygens (including phenoxy) is 1. The zero-order valence-corrected chi connectivity index (χ0v) is 13.4. The number of esters is 1. The van der Waals surface area contributed by atoms with Crippen LogP contribution in [0.25, 0.3) is 6.08 Å². The van der Waals surface area contributed by atoms with Crippen LogP contribution in [0.3, 0.4) is 0 Å². The molecule has 0 aliphatic heterocycles. The lowest BCUT2D eigenvalue weighted by atomic mass is 10.1. The molecule has 0 fully saturated rings. The molecule has 0 aromatic heterocycles. The number of hydrogen-bond donors (Lipinski definition) is 2. The second-order valence-corrected chi connectivity index (χ2v) is 5.53. The van der Waals surface area contributed by atoms with Crippen LogP contribution in [0.15, 0.2) is 24.3 Å². The fourth-order valence-corrected chi connectivity index (χ4v) is 2.14. The van der Waals surface area contributed by atoms with E-state index < -0.39 is 5.97 Å². The molecule has 0 saturated carbocycles. The Bertz CT molecular complexity index is 494. The Labute approximate surface area is 132 Å². The van der Waals surface area contributed by atoms with Crippen LogP contribution in [0.2, 0.25) is 0 Å². The summed E-state index contributed by atoms with van der Waals surface area (Å²) >= 11 is 0. The summed E-state index contributed by atoms with van der Waals surface area (Å²) in [6, 6.07) is 4.37. The minimum absolute atomic E-state index is 0.0907. The molecule has 0 radical (unpaired) electrons. The molecule has 22 heavy (non-hydrogen) atoms. The molecular formula is C18H26O4. The summed E-state index contributed by atoms with van der Waals surface area (Å²) in [5, 5.41) is 18.6. The lowest BCUT2D eigenvalue weighted by Gasteiger charge is -2.11. The number of carbonyl (C=O) groups excluding carboxylic acids is 1. The number of phenolic OH excluding ortho intramolecular Hbond substituents is 2. The first-order valence-electron chi connectivity index (χ1n) is 7.93. The van der Waals surface area contributed by atoms with E-state index in [2.05, 4.69) is 6.92 Å². The lowest BCUT2D eigenvalue weighted by Crippen LogP contribution is -2.12. The van der Waals surface area contributed by atoms with E-state index in [-0.39, 0.29) is 17.6 Å². The Morgan fingerprint density at radius 2 is 1.91 bits per heavy atom. The normalized spacial score (nSPS) is 12.5. The second kappa shape index (κ2) is 9.87. The summed E-state index contributed by atoms with van der Waals surface area (Å²) in [5.74, 6) is -0.791. The Hall–Kier alpha value is -1.97. The molecule has 1 aromatic carbocycles. The van der Waals surface area contributed by atoms with Crippen molar-refractivity contribution in [1.29, 1.82) is 0 Å². The van der Waals surface area contributed by atoms with Gasteiger partial charge in [0.25, 0.3) is 0 Å². The fourth-order valence-electron chi connectivity index (χ4n) is 2.14. The highest BCUT2D eigenvalue weighted by molar-refractivity contribution is 5.87. The van der Waals surface area contributed by atoms with Gasteiger partial charge in [-0.2, -0.15) is 0 Å². The van der Waals surface area contributed by atoms with Crippen molar-refractivity contribution in [1.82, 2.24) is 0 Å². The van der Waals surface area contributed by atoms with Gasteiger partial charge < -0.3 is 14.9 Å². The van der Waals surface area contributed by atoms with Crippen molar-refractivity contribution >= 4 is 12.0 Å². The predicted octanol–water partition coefficient (Wildman–Crippen LogP) is 4.40. The van der Waals surface area contributed by atoms with Gasteiger partial charge in [0.15, 0.2) is 11.5 Å². The fraction of sp³-hybridized carbons (Fsp3) is 0.500. The first-order valence-corrected chi connectivity index (χ1v) is 7.93. The SMILES string of the molecule is CCCCCCC[C@H](C)OC(=O)C=Cc1ccc(O)c(O)c1. The number of phenols is 2. The Balaban J connectivity index is 2.32. The van der Waals surface area contributed by atoms with Gasteiger partial charge in [0.2, 0.25) is 0 Å². The van der Waals surface area contributed by atoms with E-state index in [4.69, 9.17) is 4.74 Å². The third kappa shape index (κ3) is 7.16. The lowest BCUT2D eigenvalue weighted by molar-refractivity contribution is -0.142. The monoisotopic (exact) mass is 306 g/mol. The highest BCUT2D eigenvalue weighted by Gasteiger charge is 2.06. The topological polar surface area (TPSA) is 66.8 Å². The van der Waals surface area contributed by atoms with Crippen molar-refractivity contribution in [2.24, 2.45) is 0 Å². The smallest absolute Gasteiger partial charge is 0.331 e. The van der Waals surface area contributed by atoms with Crippen LogP contribution in [0.4, 0.5) is 0 Å². The van der Waals surface area contributed by atoms with Crippen molar-refractivity contribution in [2.75, 3.05) is 0 Å². The Morgan fingerprint density at radius 3 is 2.59 bits per heavy atom. The summed E-state index contributed by atoms with van der Waals surface area (Å²) in [6.07, 6.45) is 9.65. The van der Waals surface area contributed by atoms with E-state index in [1.165, 1.54) is 43.9 Å². The van der Waals surface area contributed by atoms with E-state index in [0.717, 1.165) is 12.8 Å². The first-order chi connectivity index (χ1) is 10.5. The molecule has 4 heteroatoms. The Kier molecular flexibility index (Phi) is 8.11. The Morgan fingerprint density at radius 1 is 1.18 bits per heavy atom. The number of benzene rings is 1. The van der Waals surface area contributed by atoms with E-state index in [0.29, 0.717) is 5.56 Å². The molecule has 0 aliphatic carbocycles. The van der Waals surface area contributed by atoms with Gasteiger partial charge in [0.1, 0.15) is 0 Å². The van der Waals surface area contributed by atoms with Crippen LogP contribution in [-0.2, 0) is 9.53 Å². The number of rotatable bonds is 9. The maximum absolute atomic E-state index is 11.7. The third-order valence-electron chi connectivity index (χ3n) is 3.44. The largest absolute Gasteiger partial charge is 0.504 e. The number of aromatic hydroxyl groups is 2. The minimum atomic E-state index is -0.395. The van der Waals surface area contributed by atoms with Crippen molar-refractivity contribution in [2.45, 2.75) is 58.5 Å². The molecule has 0 unspecified atom stereocenters. The maximum Gasteiger partial charge on any atom is 0.331 e. The molecule has 0 heterocycles. The first kappa shape index (κ1) is 18.1. The number of carbonyl (C=O) groups is 1. The molecule has 4 nitrogen and oxygen atoms in total. The third-order valence-corrected chi connectivity index (χ3v) is 3.44. The van der Waals surface area contributed by atoms with Crippen molar-refractivity contribution in [3.05, 3.63) is 29.8 Å². The van der Waals surface area contributed by atoms with E-state index in [1.807, 2.05) is 6.92 Å². The molecular weight excluding hydrogens is 280 g/mol. The molecule has 0 amide bonds. The summed E-state index contributed by atoms with van der Waals surface area (Å²) in [6.45, 7) is 4.09. The van der Waals surface area contributed by atoms with Crippen molar-refractivity contribution in [3.63, 3.8) is 0 Å². The van der Waals surface area contributed by atoms with Crippen molar-refractivity contribution in [3.8, 4) is 11.5 Å². The zero-order valence-electron chi connectivity index (χ0n) is 13.4. The molecule has 122 valence electrons. The van der Waals surface area contributed by atoms with E-state index >= 15 is 0 Å². The van der Waals surface area contributed by atoms with Crippen LogP contribution >= 0.6 is 0 Å². The van der Waals surface area contributed by atoms with Crippen LogP contribution in [-0.4, -0.2) is 22.3 Å². The average molecular weight is 306 g/mol. The van der Waals surface area contributed by atoms with E-state index in [1.54, 1.807) is 12.1 Å². The molecule has 1 atom stereocenters. The minimum Gasteiger partial charge on any atom is -0.504 e. The highest BCUT2D eigenvalue weighted by atomic mass is 16.5. The second-order valence-electron chi connectivity index (χ2n) is 5.53. The summed E-state index contributed by atoms with van der Waals surface area (Å²) in [7, 11) is 0. The van der Waals surface area contributed by atoms with Gasteiger partial charge in [-0.3, -0.25) is 0 Å². The van der Waals surface area contributed by atoms with Crippen molar-refractivity contribution < 1.29 is 19.7 Å². The predicted molar refractivity (Wildman–Crippen MR) is 87.7 cm³/mol. The standard InChI is InChI=1S/C18H26O4/c1-3-4-5-6-7-8-14(2)22-18(21)12-10-15-9-11-16(19)17(20)13-15/h9-14,19-20H,3-8H2,1-2H3/t14-/m0/s1. The maximum atomic E-state index is 11.7. The van der Waals surface area contributed by atoms with Gasteiger partial charge in [-0.1, -0.05) is 38.7 Å². The molecule has 0 spiro atoms. The molecule has 0 bridgehead atoms. The van der Waals surface area contributed by atoms with Gasteiger partial charge in [0, 0.05) is 6.08 Å². The highest BCUT2D eigenvalue weighted by Crippen LogP contribution is 2.25. The molecule has 1 rings (SSSR count). The molecule has 1 aromatic rings. The zero-order chi connectivity index (χ0) is 16.4. The van der Waals surface area contributed by atoms with Gasteiger partial charge >= 0.3 is 5.97 Å². The summed E-state index contributed by atoms with van der Waals surface area (Å²) in [4.78, 5) is 11.7. The van der Waals surface area contributed by atoms with Crippen LogP contribution in [0.5, 0.6) is 11.5 Å². The quantitative estimate of drug-likeness (QED) is 0.307. The van der Waals surface area contributed by atoms with Crippen LogP contribution in [0.1, 0.15) is 57.9 Å². The molecule has 0 saturated heterocycles. The van der Waals surface area contributed by atoms with Crippen LogP contribution in [0, 0.1) is 0 Å². The molecule has 0 aliphatic rings. The van der Waals surface area contributed by atoms with Gasteiger partial charge in [-0.05, 0) is 43.5 Å².